The third-order valence-electron chi connectivity index (χ3n) is 4.99. The highest BCUT2D eigenvalue weighted by Crippen LogP contribution is 2.36. The first-order chi connectivity index (χ1) is 14.1. The van der Waals surface area contributed by atoms with Gasteiger partial charge in [0.1, 0.15) is 5.82 Å². The average molecular weight is 388 g/mol. The quantitative estimate of drug-likeness (QED) is 0.629. The number of amides is 2. The van der Waals surface area contributed by atoms with E-state index in [1.807, 2.05) is 37.3 Å². The number of methoxy groups -OCH3 is 1. The molecular formula is C22H20N4O3. The second-order valence-corrected chi connectivity index (χ2v) is 6.70. The van der Waals surface area contributed by atoms with Crippen LogP contribution in [0.4, 0.5) is 16.3 Å². The molecule has 0 saturated carbocycles. The van der Waals surface area contributed by atoms with E-state index in [1.54, 1.807) is 46.5 Å². The highest BCUT2D eigenvalue weighted by atomic mass is 16.5. The monoisotopic (exact) mass is 388 g/mol. The van der Waals surface area contributed by atoms with Crippen molar-refractivity contribution in [2.24, 2.45) is 0 Å². The molecule has 0 saturated heterocycles. The van der Waals surface area contributed by atoms with Crippen LogP contribution in [0.5, 0.6) is 0 Å². The molecule has 2 aromatic heterocycles. The van der Waals surface area contributed by atoms with Crippen molar-refractivity contribution in [1.29, 1.82) is 0 Å². The molecule has 1 aliphatic rings. The zero-order valence-electron chi connectivity index (χ0n) is 16.1. The Kier molecular flexibility index (Phi) is 4.95. The second kappa shape index (κ2) is 7.71. The van der Waals surface area contributed by atoms with E-state index < -0.39 is 5.97 Å². The fourth-order valence-corrected chi connectivity index (χ4v) is 3.41. The molecule has 0 fully saturated rings. The largest absolute Gasteiger partial charge is 0.465 e. The number of anilines is 2. The van der Waals surface area contributed by atoms with Crippen LogP contribution in [0.25, 0.3) is 0 Å². The molecular weight excluding hydrogens is 368 g/mol. The number of fused-ring (bicyclic) bond motifs is 1. The Bertz CT molecular complexity index is 1040. The standard InChI is InChI=1S/C22H20N4O3/c1-15(19-7-3-4-12-23-19)25-14-17-6-5-13-24-20(17)26(22(25)28)18-10-8-16(9-11-18)21(27)29-2/h3-13,15H,14H2,1-2H3. The summed E-state index contributed by atoms with van der Waals surface area (Å²) in [5.41, 5.74) is 2.79. The molecule has 1 aliphatic heterocycles. The maximum Gasteiger partial charge on any atom is 0.337 e. The fourth-order valence-electron chi connectivity index (χ4n) is 3.41. The van der Waals surface area contributed by atoms with Crippen LogP contribution >= 0.6 is 0 Å². The van der Waals surface area contributed by atoms with Gasteiger partial charge in [0, 0.05) is 18.0 Å². The normalized spacial score (nSPS) is 14.3. The lowest BCUT2D eigenvalue weighted by Gasteiger charge is -2.39. The number of esters is 1. The predicted molar refractivity (Wildman–Crippen MR) is 108 cm³/mol. The molecule has 0 aliphatic carbocycles. The zero-order valence-corrected chi connectivity index (χ0v) is 16.1. The number of carbonyl (C=O) groups excluding carboxylic acids is 2. The van der Waals surface area contributed by atoms with E-state index in [0.717, 1.165) is 11.3 Å². The van der Waals surface area contributed by atoms with Crippen molar-refractivity contribution in [3.05, 3.63) is 83.8 Å². The fraction of sp³-hybridized carbons (Fsp3) is 0.182. The first-order valence-corrected chi connectivity index (χ1v) is 9.24. The van der Waals surface area contributed by atoms with Crippen molar-refractivity contribution in [3.8, 4) is 0 Å². The molecule has 3 heterocycles. The number of benzene rings is 1. The molecule has 146 valence electrons. The van der Waals surface area contributed by atoms with E-state index in [9.17, 15) is 9.59 Å². The summed E-state index contributed by atoms with van der Waals surface area (Å²) in [5.74, 6) is 0.165. The van der Waals surface area contributed by atoms with Crippen molar-refractivity contribution >= 4 is 23.5 Å². The molecule has 0 bridgehead atoms. The van der Waals surface area contributed by atoms with E-state index >= 15 is 0 Å². The summed E-state index contributed by atoms with van der Waals surface area (Å²) in [4.78, 5) is 37.4. The number of urea groups is 1. The van der Waals surface area contributed by atoms with Gasteiger partial charge in [0.25, 0.3) is 0 Å². The van der Waals surface area contributed by atoms with Gasteiger partial charge in [-0.1, -0.05) is 12.1 Å². The number of pyridine rings is 2. The van der Waals surface area contributed by atoms with Gasteiger partial charge in [0.05, 0.1) is 36.6 Å². The maximum absolute atomic E-state index is 13.5. The molecule has 3 aromatic rings. The highest BCUT2D eigenvalue weighted by Gasteiger charge is 2.35. The molecule has 7 heteroatoms. The first-order valence-electron chi connectivity index (χ1n) is 9.24. The summed E-state index contributed by atoms with van der Waals surface area (Å²) in [6, 6.07) is 15.8. The number of ether oxygens (including phenoxy) is 1. The van der Waals surface area contributed by atoms with Crippen LogP contribution in [-0.2, 0) is 11.3 Å². The van der Waals surface area contributed by atoms with Crippen LogP contribution in [0, 0.1) is 0 Å². The number of aromatic nitrogens is 2. The summed E-state index contributed by atoms with van der Waals surface area (Å²) >= 11 is 0. The molecule has 1 unspecified atom stereocenters. The molecule has 0 spiro atoms. The third-order valence-corrected chi connectivity index (χ3v) is 4.99. The molecule has 1 aromatic carbocycles. The summed E-state index contributed by atoms with van der Waals surface area (Å²) in [7, 11) is 1.33. The molecule has 1 atom stereocenters. The molecule has 0 radical (unpaired) electrons. The SMILES string of the molecule is COC(=O)c1ccc(N2C(=O)N(C(C)c3ccccn3)Cc3cccnc32)cc1. The highest BCUT2D eigenvalue weighted by molar-refractivity contribution is 6.01. The van der Waals surface area contributed by atoms with Crippen LogP contribution in [0.1, 0.15) is 34.6 Å². The Balaban J connectivity index is 1.74. The van der Waals surface area contributed by atoms with Crippen LogP contribution in [0.15, 0.2) is 67.0 Å². The topological polar surface area (TPSA) is 75.6 Å². The smallest absolute Gasteiger partial charge is 0.337 e. The average Bonchev–Trinajstić information content (AvgIpc) is 2.78. The lowest BCUT2D eigenvalue weighted by molar-refractivity contribution is 0.0600. The second-order valence-electron chi connectivity index (χ2n) is 6.70. The summed E-state index contributed by atoms with van der Waals surface area (Å²) in [6.07, 6.45) is 3.39. The van der Waals surface area contributed by atoms with Crippen molar-refractivity contribution in [1.82, 2.24) is 14.9 Å². The zero-order chi connectivity index (χ0) is 20.4. The number of hydrogen-bond donors (Lipinski definition) is 0. The van der Waals surface area contributed by atoms with Crippen LogP contribution in [0.3, 0.4) is 0 Å². The van der Waals surface area contributed by atoms with Crippen molar-refractivity contribution < 1.29 is 14.3 Å². The van der Waals surface area contributed by atoms with E-state index in [0.29, 0.717) is 23.6 Å². The van der Waals surface area contributed by atoms with Crippen LogP contribution in [0.2, 0.25) is 0 Å². The van der Waals surface area contributed by atoms with Gasteiger partial charge in [0.2, 0.25) is 0 Å². The van der Waals surface area contributed by atoms with Gasteiger partial charge >= 0.3 is 12.0 Å². The minimum atomic E-state index is -0.426. The lowest BCUT2D eigenvalue weighted by atomic mass is 10.1. The van der Waals surface area contributed by atoms with E-state index in [4.69, 9.17) is 4.74 Å². The molecule has 29 heavy (non-hydrogen) atoms. The number of nitrogens with zero attached hydrogens (tertiary/aromatic N) is 4. The van der Waals surface area contributed by atoms with Gasteiger partial charge in [-0.15, -0.1) is 0 Å². The van der Waals surface area contributed by atoms with E-state index in [-0.39, 0.29) is 12.1 Å². The summed E-state index contributed by atoms with van der Waals surface area (Å²) in [6.45, 7) is 2.40. The number of carbonyl (C=O) groups is 2. The lowest BCUT2D eigenvalue weighted by Crippen LogP contribution is -2.46. The van der Waals surface area contributed by atoms with Gasteiger partial charge in [0.15, 0.2) is 0 Å². The van der Waals surface area contributed by atoms with Gasteiger partial charge in [-0.25, -0.2) is 19.5 Å². The molecule has 4 rings (SSSR count). The Hall–Kier alpha value is -3.74. The number of rotatable bonds is 4. The molecule has 7 nitrogen and oxygen atoms in total. The van der Waals surface area contributed by atoms with Gasteiger partial charge in [-0.3, -0.25) is 4.98 Å². The van der Waals surface area contributed by atoms with Crippen molar-refractivity contribution in [3.63, 3.8) is 0 Å². The Labute approximate surface area is 168 Å². The van der Waals surface area contributed by atoms with Crippen molar-refractivity contribution in [2.45, 2.75) is 19.5 Å². The Morgan fingerprint density at radius 2 is 1.79 bits per heavy atom. The van der Waals surface area contributed by atoms with E-state index in [2.05, 4.69) is 9.97 Å². The summed E-state index contributed by atoms with van der Waals surface area (Å²) < 4.78 is 4.75. The molecule has 2 amide bonds. The number of hydrogen-bond acceptors (Lipinski definition) is 5. The van der Waals surface area contributed by atoms with E-state index in [1.165, 1.54) is 7.11 Å². The Morgan fingerprint density at radius 1 is 1.03 bits per heavy atom. The van der Waals surface area contributed by atoms with Crippen molar-refractivity contribution in [2.75, 3.05) is 12.0 Å². The van der Waals surface area contributed by atoms with Gasteiger partial charge in [-0.05, 0) is 49.4 Å². The third kappa shape index (κ3) is 3.42. The van der Waals surface area contributed by atoms with Crippen LogP contribution < -0.4 is 4.90 Å². The first kappa shape index (κ1) is 18.6. The van der Waals surface area contributed by atoms with Gasteiger partial charge in [-0.2, -0.15) is 0 Å². The van der Waals surface area contributed by atoms with Crippen LogP contribution in [-0.4, -0.2) is 34.0 Å². The minimum Gasteiger partial charge on any atom is -0.465 e. The predicted octanol–water partition coefficient (Wildman–Crippen LogP) is 4.10. The minimum absolute atomic E-state index is 0.194. The summed E-state index contributed by atoms with van der Waals surface area (Å²) in [5, 5.41) is 0. The Morgan fingerprint density at radius 3 is 2.48 bits per heavy atom. The maximum atomic E-state index is 13.5. The molecule has 0 N–H and O–H groups in total. The van der Waals surface area contributed by atoms with Gasteiger partial charge < -0.3 is 9.64 Å².